The third kappa shape index (κ3) is 16.5. The van der Waals surface area contributed by atoms with Gasteiger partial charge in [-0.1, -0.05) is 80.9 Å². The number of hydrogen-bond acceptors (Lipinski definition) is 3. The van der Waals surface area contributed by atoms with Crippen molar-refractivity contribution in [1.82, 2.24) is 0 Å². The van der Waals surface area contributed by atoms with E-state index < -0.39 is 12.1 Å². The number of aliphatic hydroxyl groups is 2. The van der Waals surface area contributed by atoms with Crippen molar-refractivity contribution in [3.05, 3.63) is 60.8 Å². The molecule has 4 nitrogen and oxygen atoms in total. The molecule has 0 aliphatic carbocycles. The number of carbonyl (C=O) groups is 1. The van der Waals surface area contributed by atoms with Gasteiger partial charge in [0, 0.05) is 6.08 Å². The molecule has 134 valence electrons. The molecule has 3 N–H and O–H groups in total. The molecule has 2 atom stereocenters. The Morgan fingerprint density at radius 2 is 1.38 bits per heavy atom. The second-order valence-electron chi connectivity index (χ2n) is 5.50. The Bertz CT molecular complexity index is 458. The molecular formula is C20H30O4. The summed E-state index contributed by atoms with van der Waals surface area (Å²) < 4.78 is 0. The Morgan fingerprint density at radius 1 is 0.833 bits per heavy atom. The Kier molecular flexibility index (Phi) is 14.7. The highest BCUT2D eigenvalue weighted by atomic mass is 16.4. The number of carboxylic acids is 1. The Labute approximate surface area is 145 Å². The van der Waals surface area contributed by atoms with E-state index in [-0.39, 0.29) is 6.10 Å². The number of rotatable bonds is 13. The summed E-state index contributed by atoms with van der Waals surface area (Å²) in [6.45, 7) is 1.98. The second kappa shape index (κ2) is 16.0. The van der Waals surface area contributed by atoms with Crippen LogP contribution < -0.4 is 0 Å². The summed E-state index contributed by atoms with van der Waals surface area (Å²) in [4.78, 5) is 10.2. The zero-order valence-electron chi connectivity index (χ0n) is 14.4. The quantitative estimate of drug-likeness (QED) is 0.271. The average Bonchev–Trinajstić information content (AvgIpc) is 2.55. The molecule has 0 saturated heterocycles. The van der Waals surface area contributed by atoms with Crippen molar-refractivity contribution in [1.29, 1.82) is 0 Å². The van der Waals surface area contributed by atoms with Crippen molar-refractivity contribution in [2.45, 2.75) is 57.7 Å². The summed E-state index contributed by atoms with van der Waals surface area (Å²) in [6, 6.07) is 0. The van der Waals surface area contributed by atoms with Crippen molar-refractivity contribution in [3.8, 4) is 0 Å². The van der Waals surface area contributed by atoms with Crippen LogP contribution in [0.4, 0.5) is 0 Å². The van der Waals surface area contributed by atoms with Gasteiger partial charge in [0.1, 0.15) is 0 Å². The van der Waals surface area contributed by atoms with Gasteiger partial charge in [-0.2, -0.15) is 0 Å². The molecule has 0 aromatic rings. The molecule has 0 rings (SSSR count). The first kappa shape index (κ1) is 22.1. The maximum absolute atomic E-state index is 10.2. The fraction of sp³-hybridized carbons (Fsp3) is 0.450. The molecule has 0 aromatic carbocycles. The van der Waals surface area contributed by atoms with Crippen molar-refractivity contribution in [3.63, 3.8) is 0 Å². The van der Waals surface area contributed by atoms with Gasteiger partial charge in [0.05, 0.1) is 12.2 Å². The van der Waals surface area contributed by atoms with Crippen LogP contribution in [0.1, 0.15) is 45.4 Å². The van der Waals surface area contributed by atoms with Crippen molar-refractivity contribution >= 4 is 5.97 Å². The molecule has 2 unspecified atom stereocenters. The lowest BCUT2D eigenvalue weighted by atomic mass is 10.1. The molecule has 0 aliphatic rings. The smallest absolute Gasteiger partial charge is 0.328 e. The Morgan fingerprint density at radius 3 is 1.96 bits per heavy atom. The topological polar surface area (TPSA) is 77.8 Å². The van der Waals surface area contributed by atoms with Crippen LogP contribution in [0.5, 0.6) is 0 Å². The highest BCUT2D eigenvalue weighted by molar-refractivity contribution is 5.80. The largest absolute Gasteiger partial charge is 0.478 e. The normalized spacial score (nSPS) is 15.5. The Hall–Kier alpha value is -1.91. The molecule has 0 spiro atoms. The molecule has 24 heavy (non-hydrogen) atoms. The van der Waals surface area contributed by atoms with Crippen LogP contribution in [0.15, 0.2) is 60.8 Å². The zero-order chi connectivity index (χ0) is 18.0. The van der Waals surface area contributed by atoms with E-state index >= 15 is 0 Å². The summed E-state index contributed by atoms with van der Waals surface area (Å²) in [5, 5.41) is 27.6. The zero-order valence-corrected chi connectivity index (χ0v) is 14.4. The van der Waals surface area contributed by atoms with Gasteiger partial charge < -0.3 is 15.3 Å². The molecular weight excluding hydrogens is 304 g/mol. The minimum absolute atomic E-state index is 0.184. The van der Waals surface area contributed by atoms with E-state index in [4.69, 9.17) is 5.11 Å². The fourth-order valence-corrected chi connectivity index (χ4v) is 1.93. The summed E-state index contributed by atoms with van der Waals surface area (Å²) in [5.74, 6) is -0.967. The number of allylic oxidation sites excluding steroid dienone is 8. The molecule has 0 saturated carbocycles. The first-order valence-corrected chi connectivity index (χ1v) is 8.50. The molecule has 0 bridgehead atoms. The number of aliphatic hydroxyl groups excluding tert-OH is 2. The van der Waals surface area contributed by atoms with Crippen LogP contribution in [-0.2, 0) is 4.79 Å². The highest BCUT2D eigenvalue weighted by Gasteiger charge is 2.01. The third-order valence-electron chi connectivity index (χ3n) is 3.36. The number of carboxylic acid groups (broad SMARTS) is 1. The average molecular weight is 334 g/mol. The van der Waals surface area contributed by atoms with Crippen molar-refractivity contribution in [2.24, 2.45) is 0 Å². The van der Waals surface area contributed by atoms with Crippen LogP contribution in [-0.4, -0.2) is 33.5 Å². The van der Waals surface area contributed by atoms with E-state index in [0.717, 1.165) is 44.6 Å². The lowest BCUT2D eigenvalue weighted by Crippen LogP contribution is -2.04. The maximum atomic E-state index is 10.2. The van der Waals surface area contributed by atoms with E-state index in [9.17, 15) is 15.0 Å². The monoisotopic (exact) mass is 334 g/mol. The summed E-state index contributed by atoms with van der Waals surface area (Å²) in [7, 11) is 0. The molecule has 0 amide bonds. The lowest BCUT2D eigenvalue weighted by Gasteiger charge is -2.08. The maximum Gasteiger partial charge on any atom is 0.328 e. The van der Waals surface area contributed by atoms with Crippen LogP contribution in [0.3, 0.4) is 0 Å². The van der Waals surface area contributed by atoms with Gasteiger partial charge in [0.25, 0.3) is 0 Å². The molecule has 0 radical (unpaired) electrons. The van der Waals surface area contributed by atoms with Crippen LogP contribution in [0.25, 0.3) is 0 Å². The molecule has 0 aromatic heterocycles. The van der Waals surface area contributed by atoms with Gasteiger partial charge in [-0.25, -0.2) is 4.79 Å². The second-order valence-corrected chi connectivity index (χ2v) is 5.50. The lowest BCUT2D eigenvalue weighted by molar-refractivity contribution is -0.131. The molecule has 0 heterocycles. The minimum atomic E-state index is -0.967. The van der Waals surface area contributed by atoms with E-state index in [0.29, 0.717) is 0 Å². The van der Waals surface area contributed by atoms with Gasteiger partial charge in [-0.3, -0.25) is 0 Å². The molecule has 0 fully saturated rings. The Balaban J connectivity index is 3.75. The van der Waals surface area contributed by atoms with Crippen LogP contribution in [0.2, 0.25) is 0 Å². The predicted octanol–water partition coefficient (Wildman–Crippen LogP) is 3.93. The predicted molar refractivity (Wildman–Crippen MR) is 98.7 cm³/mol. The number of hydrogen-bond donors (Lipinski definition) is 3. The highest BCUT2D eigenvalue weighted by Crippen LogP contribution is 2.09. The van der Waals surface area contributed by atoms with E-state index in [1.807, 2.05) is 31.2 Å². The fourth-order valence-electron chi connectivity index (χ4n) is 1.93. The van der Waals surface area contributed by atoms with Gasteiger partial charge in [0.15, 0.2) is 0 Å². The van der Waals surface area contributed by atoms with Crippen LogP contribution in [0, 0.1) is 0 Å². The standard InChI is InChI=1S/C20H30O4/c1-2-18(21)14-11-9-12-16-19(22)15-10-7-5-3-4-6-8-13-17-20(23)24/h3-8,10,13,15,17-19,21-22H,2,9,11-12,14,16H2,1H3,(H,23,24). The van der Waals surface area contributed by atoms with Crippen molar-refractivity contribution < 1.29 is 20.1 Å². The van der Waals surface area contributed by atoms with Gasteiger partial charge >= 0.3 is 5.97 Å². The molecule has 0 aliphatic heterocycles. The van der Waals surface area contributed by atoms with Crippen molar-refractivity contribution in [2.75, 3.05) is 0 Å². The van der Waals surface area contributed by atoms with Gasteiger partial charge in [-0.15, -0.1) is 0 Å². The number of aliphatic carboxylic acids is 1. The molecule has 4 heteroatoms. The third-order valence-corrected chi connectivity index (χ3v) is 3.36. The minimum Gasteiger partial charge on any atom is -0.478 e. The summed E-state index contributed by atoms with van der Waals surface area (Å²) in [6.07, 6.45) is 21.5. The van der Waals surface area contributed by atoms with Gasteiger partial charge in [-0.05, 0) is 19.3 Å². The summed E-state index contributed by atoms with van der Waals surface area (Å²) in [5.41, 5.74) is 0. The summed E-state index contributed by atoms with van der Waals surface area (Å²) >= 11 is 0. The first-order valence-electron chi connectivity index (χ1n) is 8.50. The van der Waals surface area contributed by atoms with E-state index in [1.54, 1.807) is 24.3 Å². The van der Waals surface area contributed by atoms with Crippen LogP contribution >= 0.6 is 0 Å². The SMILES string of the molecule is CCC(O)CCCCCC(O)C=CC=CC=CC=CC=CC(=O)O. The van der Waals surface area contributed by atoms with Gasteiger partial charge in [0.2, 0.25) is 0 Å². The first-order chi connectivity index (χ1) is 11.6. The van der Waals surface area contributed by atoms with E-state index in [2.05, 4.69) is 0 Å². The number of unbranched alkanes of at least 4 members (excludes halogenated alkanes) is 2. The van der Waals surface area contributed by atoms with E-state index in [1.165, 1.54) is 6.08 Å².